The Morgan fingerprint density at radius 2 is 1.76 bits per heavy atom. The van der Waals surface area contributed by atoms with Gasteiger partial charge in [-0.3, -0.25) is 4.79 Å². The molecule has 1 amide bonds. The largest absolute Gasteiger partial charge is 0.464 e. The molecule has 1 N–H and O–H groups in total. The topological polar surface area (TPSA) is 79.6 Å². The first-order valence-electron chi connectivity index (χ1n) is 9.21. The van der Waals surface area contributed by atoms with Crippen LogP contribution in [0.5, 0.6) is 0 Å². The lowest BCUT2D eigenvalue weighted by Gasteiger charge is -2.17. The summed E-state index contributed by atoms with van der Waals surface area (Å²) >= 11 is 0. The first kappa shape index (κ1) is 20.8. The normalized spacial score (nSPS) is 11.4. The van der Waals surface area contributed by atoms with E-state index in [1.54, 1.807) is 26.1 Å². The van der Waals surface area contributed by atoms with Crippen molar-refractivity contribution in [2.75, 3.05) is 7.05 Å². The molecule has 3 aromatic rings. The van der Waals surface area contributed by atoms with Crippen LogP contribution in [0.4, 0.5) is 0 Å². The second-order valence-electron chi connectivity index (χ2n) is 6.96. The van der Waals surface area contributed by atoms with Crippen molar-refractivity contribution in [2.24, 2.45) is 0 Å². The van der Waals surface area contributed by atoms with Crippen LogP contribution in [-0.4, -0.2) is 26.3 Å². The standard InChI is InChI=1S/C22H24N2O4S/c1-16-9-11-19(22(25)24(3)15-20-12-10-17(2)28-20)13-21(16)29(26,27)23-14-18-7-5-4-6-8-18/h4-13,23H,14-15H2,1-3H3. The van der Waals surface area contributed by atoms with Crippen LogP contribution < -0.4 is 4.72 Å². The molecule has 0 aliphatic rings. The Hall–Kier alpha value is -2.90. The summed E-state index contributed by atoms with van der Waals surface area (Å²) in [6, 6.07) is 17.6. The third-order valence-electron chi connectivity index (χ3n) is 4.57. The fourth-order valence-electron chi connectivity index (χ4n) is 2.97. The zero-order valence-corrected chi connectivity index (χ0v) is 17.5. The molecule has 0 radical (unpaired) electrons. The molecule has 0 aliphatic heterocycles. The Morgan fingerprint density at radius 1 is 1.03 bits per heavy atom. The van der Waals surface area contributed by atoms with Crippen LogP contribution in [0.3, 0.4) is 0 Å². The molecule has 0 aliphatic carbocycles. The summed E-state index contributed by atoms with van der Waals surface area (Å²) in [6.07, 6.45) is 0. The molecule has 0 fully saturated rings. The summed E-state index contributed by atoms with van der Waals surface area (Å²) < 4.78 is 33.7. The summed E-state index contributed by atoms with van der Waals surface area (Å²) in [5.41, 5.74) is 1.74. The minimum absolute atomic E-state index is 0.0986. The van der Waals surface area contributed by atoms with Gasteiger partial charge in [0.2, 0.25) is 10.0 Å². The van der Waals surface area contributed by atoms with Gasteiger partial charge < -0.3 is 9.32 Å². The van der Waals surface area contributed by atoms with Crippen LogP contribution in [0, 0.1) is 13.8 Å². The van der Waals surface area contributed by atoms with E-state index in [0.717, 1.165) is 11.3 Å². The van der Waals surface area contributed by atoms with Crippen molar-refractivity contribution in [2.45, 2.75) is 31.8 Å². The van der Waals surface area contributed by atoms with Gasteiger partial charge in [-0.1, -0.05) is 36.4 Å². The van der Waals surface area contributed by atoms with E-state index < -0.39 is 10.0 Å². The lowest BCUT2D eigenvalue weighted by Crippen LogP contribution is -2.27. The van der Waals surface area contributed by atoms with Crippen molar-refractivity contribution < 1.29 is 17.6 Å². The van der Waals surface area contributed by atoms with E-state index in [1.165, 1.54) is 11.0 Å². The van der Waals surface area contributed by atoms with Gasteiger partial charge in [0.15, 0.2) is 0 Å². The third kappa shape index (κ3) is 5.13. The van der Waals surface area contributed by atoms with Crippen molar-refractivity contribution >= 4 is 15.9 Å². The van der Waals surface area contributed by atoms with E-state index in [4.69, 9.17) is 4.42 Å². The maximum Gasteiger partial charge on any atom is 0.254 e. The number of carbonyl (C=O) groups is 1. The number of hydrogen-bond donors (Lipinski definition) is 1. The van der Waals surface area contributed by atoms with Crippen LogP contribution in [0.1, 0.15) is 33.0 Å². The number of hydrogen-bond acceptors (Lipinski definition) is 4. The molecule has 0 spiro atoms. The molecule has 3 rings (SSSR count). The summed E-state index contributed by atoms with van der Waals surface area (Å²) in [6.45, 7) is 4.03. The van der Waals surface area contributed by atoms with Crippen LogP contribution in [0.25, 0.3) is 0 Å². The molecule has 1 aromatic heterocycles. The fourth-order valence-corrected chi connectivity index (χ4v) is 4.26. The Labute approximate surface area is 171 Å². The quantitative estimate of drug-likeness (QED) is 0.642. The van der Waals surface area contributed by atoms with Crippen molar-refractivity contribution in [3.8, 4) is 0 Å². The van der Waals surface area contributed by atoms with E-state index in [9.17, 15) is 13.2 Å². The first-order valence-corrected chi connectivity index (χ1v) is 10.7. The minimum Gasteiger partial charge on any atom is -0.464 e. The van der Waals surface area contributed by atoms with E-state index in [-0.39, 0.29) is 17.3 Å². The second kappa shape index (κ2) is 8.63. The lowest BCUT2D eigenvalue weighted by atomic mass is 10.1. The molecule has 0 unspecified atom stereocenters. The summed E-state index contributed by atoms with van der Waals surface area (Å²) in [5, 5.41) is 0. The molecular formula is C22H24N2O4S. The van der Waals surface area contributed by atoms with Crippen LogP contribution >= 0.6 is 0 Å². The van der Waals surface area contributed by atoms with Crippen molar-refractivity contribution in [3.63, 3.8) is 0 Å². The number of sulfonamides is 1. The van der Waals surface area contributed by atoms with Gasteiger partial charge in [-0.15, -0.1) is 0 Å². The Morgan fingerprint density at radius 3 is 2.41 bits per heavy atom. The van der Waals surface area contributed by atoms with Gasteiger partial charge in [-0.2, -0.15) is 0 Å². The number of nitrogens with zero attached hydrogens (tertiary/aromatic N) is 1. The van der Waals surface area contributed by atoms with Crippen molar-refractivity contribution in [1.29, 1.82) is 0 Å². The number of nitrogens with one attached hydrogen (secondary N) is 1. The summed E-state index contributed by atoms with van der Waals surface area (Å²) in [7, 11) is -2.11. The molecule has 0 saturated heterocycles. The number of benzene rings is 2. The monoisotopic (exact) mass is 412 g/mol. The molecule has 0 bridgehead atoms. The second-order valence-corrected chi connectivity index (χ2v) is 8.70. The number of aryl methyl sites for hydroxylation is 2. The van der Waals surface area contributed by atoms with E-state index in [1.807, 2.05) is 49.4 Å². The predicted molar refractivity (Wildman–Crippen MR) is 111 cm³/mol. The molecule has 1 heterocycles. The first-order chi connectivity index (χ1) is 13.8. The van der Waals surface area contributed by atoms with Gasteiger partial charge in [-0.05, 0) is 49.2 Å². The smallest absolute Gasteiger partial charge is 0.254 e. The molecule has 0 atom stereocenters. The minimum atomic E-state index is -3.77. The highest BCUT2D eigenvalue weighted by molar-refractivity contribution is 7.89. The van der Waals surface area contributed by atoms with Gasteiger partial charge >= 0.3 is 0 Å². The maximum atomic E-state index is 12.8. The molecule has 6 nitrogen and oxygen atoms in total. The molecular weight excluding hydrogens is 388 g/mol. The predicted octanol–water partition coefficient (Wildman–Crippen LogP) is 3.65. The zero-order chi connectivity index (χ0) is 21.0. The highest BCUT2D eigenvalue weighted by Crippen LogP contribution is 2.19. The summed E-state index contributed by atoms with van der Waals surface area (Å²) in [4.78, 5) is 14.4. The maximum absolute atomic E-state index is 12.8. The fraction of sp³-hybridized carbons (Fsp3) is 0.227. The SMILES string of the molecule is Cc1ccc(CN(C)C(=O)c2ccc(C)c(S(=O)(=O)NCc3ccccc3)c2)o1. The van der Waals surface area contributed by atoms with Gasteiger partial charge in [0.1, 0.15) is 11.5 Å². The van der Waals surface area contributed by atoms with Crippen molar-refractivity contribution in [1.82, 2.24) is 9.62 Å². The molecule has 29 heavy (non-hydrogen) atoms. The highest BCUT2D eigenvalue weighted by Gasteiger charge is 2.21. The van der Waals surface area contributed by atoms with Crippen LogP contribution in [0.15, 0.2) is 70.0 Å². The van der Waals surface area contributed by atoms with Crippen LogP contribution in [-0.2, 0) is 23.1 Å². The highest BCUT2D eigenvalue weighted by atomic mass is 32.2. The van der Waals surface area contributed by atoms with Gasteiger partial charge in [-0.25, -0.2) is 13.1 Å². The third-order valence-corrected chi connectivity index (χ3v) is 6.11. The molecule has 2 aromatic carbocycles. The van der Waals surface area contributed by atoms with E-state index in [0.29, 0.717) is 23.4 Å². The Bertz CT molecular complexity index is 1100. The number of furan rings is 1. The average Bonchev–Trinajstić information content (AvgIpc) is 3.11. The van der Waals surface area contributed by atoms with Gasteiger partial charge in [0.05, 0.1) is 11.4 Å². The molecule has 7 heteroatoms. The van der Waals surface area contributed by atoms with Gasteiger partial charge in [0, 0.05) is 19.2 Å². The average molecular weight is 413 g/mol. The number of carbonyl (C=O) groups excluding carboxylic acids is 1. The lowest BCUT2D eigenvalue weighted by molar-refractivity contribution is 0.0774. The van der Waals surface area contributed by atoms with E-state index in [2.05, 4.69) is 4.72 Å². The Kier molecular flexibility index (Phi) is 6.20. The van der Waals surface area contributed by atoms with E-state index >= 15 is 0 Å². The Balaban J connectivity index is 1.78. The number of rotatable bonds is 7. The zero-order valence-electron chi connectivity index (χ0n) is 16.7. The van der Waals surface area contributed by atoms with Crippen molar-refractivity contribution in [3.05, 3.63) is 88.9 Å². The number of amides is 1. The van der Waals surface area contributed by atoms with Gasteiger partial charge in [0.25, 0.3) is 5.91 Å². The summed E-state index contributed by atoms with van der Waals surface area (Å²) in [5.74, 6) is 1.16. The molecule has 152 valence electrons. The molecule has 0 saturated carbocycles. The van der Waals surface area contributed by atoms with Crippen LogP contribution in [0.2, 0.25) is 0 Å².